The van der Waals surface area contributed by atoms with Crippen LogP contribution in [0, 0.1) is 0 Å². The van der Waals surface area contributed by atoms with E-state index in [1.807, 2.05) is 0 Å². The van der Waals surface area contributed by atoms with E-state index in [-0.39, 0.29) is 0 Å². The van der Waals surface area contributed by atoms with Gasteiger partial charge < -0.3 is 4.74 Å². The molecule has 2 fully saturated rings. The topological polar surface area (TPSA) is 12.2 Å². The summed E-state index contributed by atoms with van der Waals surface area (Å²) in [7, 11) is 0. The first kappa shape index (κ1) is 2.99. The van der Waals surface area contributed by atoms with Crippen molar-refractivity contribution in [2.24, 2.45) is 0 Å². The molecule has 2 heterocycles. The number of fused-ring (bicyclic) bond motifs is 1. The lowest BCUT2D eigenvalue weighted by Crippen LogP contribution is -1.94. The van der Waals surface area contributed by atoms with E-state index in [9.17, 15) is 0 Å². The lowest BCUT2D eigenvalue weighted by Gasteiger charge is -1.87. The zero-order valence-electron chi connectivity index (χ0n) is 3.55. The first-order chi connectivity index (χ1) is 2.97. The zero-order valence-corrected chi connectivity index (χ0v) is 3.55. The maximum atomic E-state index is 5.03. The highest BCUT2D eigenvalue weighted by molar-refractivity contribution is 4.90. The summed E-state index contributed by atoms with van der Waals surface area (Å²) in [6, 6.07) is 0.824. The van der Waals surface area contributed by atoms with Gasteiger partial charge in [0.15, 0.2) is 0 Å². The van der Waals surface area contributed by atoms with Gasteiger partial charge in [0.25, 0.3) is 0 Å². The van der Waals surface area contributed by atoms with Gasteiger partial charge in [0.05, 0.1) is 13.3 Å². The molecule has 0 aliphatic carbocycles. The average molecular weight is 85.1 g/mol. The third kappa shape index (κ3) is 0.235. The largest absolute Gasteiger partial charge is 0.364 e. The summed E-state index contributed by atoms with van der Waals surface area (Å²) >= 11 is 0. The van der Waals surface area contributed by atoms with Crippen molar-refractivity contribution in [3.63, 3.8) is 0 Å². The van der Waals surface area contributed by atoms with Crippen molar-refractivity contribution in [2.45, 2.75) is 6.04 Å². The first-order valence-electron chi connectivity index (χ1n) is 2.28. The molecular formula is C4H7NO. The van der Waals surface area contributed by atoms with Gasteiger partial charge in [-0.15, -0.1) is 0 Å². The molecule has 2 aliphatic heterocycles. The Bertz CT molecular complexity index is 65.9. The van der Waals surface area contributed by atoms with Gasteiger partial charge in [-0.05, 0) is 0 Å². The molecule has 2 atom stereocenters. The van der Waals surface area contributed by atoms with Crippen LogP contribution in [-0.2, 0) is 4.74 Å². The Morgan fingerprint density at radius 1 is 1.67 bits per heavy atom. The van der Waals surface area contributed by atoms with Crippen LogP contribution in [0.15, 0.2) is 0 Å². The molecule has 34 valence electrons. The highest BCUT2D eigenvalue weighted by Crippen LogP contribution is 2.22. The Morgan fingerprint density at radius 2 is 2.67 bits per heavy atom. The summed E-state index contributed by atoms with van der Waals surface area (Å²) < 4.78 is 5.03. The quantitative estimate of drug-likeness (QED) is 0.373. The van der Waals surface area contributed by atoms with Crippen LogP contribution < -0.4 is 0 Å². The van der Waals surface area contributed by atoms with Crippen LogP contribution >= 0.6 is 0 Å². The summed E-state index contributed by atoms with van der Waals surface area (Å²) in [6.07, 6.45) is 0. The van der Waals surface area contributed by atoms with E-state index in [1.54, 1.807) is 0 Å². The van der Waals surface area contributed by atoms with Gasteiger partial charge in [-0.25, -0.2) is 0 Å². The molecule has 0 aromatic rings. The molecule has 2 unspecified atom stereocenters. The van der Waals surface area contributed by atoms with Gasteiger partial charge in [-0.1, -0.05) is 0 Å². The molecule has 0 saturated carbocycles. The standard InChI is InChI=1S/C4H7NO/c1-4-2-6-3-5(1)4/h4H,1-3H2. The third-order valence-electron chi connectivity index (χ3n) is 1.40. The van der Waals surface area contributed by atoms with Crippen LogP contribution in [0.4, 0.5) is 0 Å². The molecule has 0 bridgehead atoms. The Labute approximate surface area is 36.7 Å². The second-order valence-corrected chi connectivity index (χ2v) is 1.93. The van der Waals surface area contributed by atoms with Crippen molar-refractivity contribution in [1.82, 2.24) is 4.90 Å². The Balaban J connectivity index is 2.09. The lowest BCUT2D eigenvalue weighted by atomic mass is 10.5. The molecule has 0 N–H and O–H groups in total. The summed E-state index contributed by atoms with van der Waals surface area (Å²) in [5.74, 6) is 0. The molecule has 2 nitrogen and oxygen atoms in total. The van der Waals surface area contributed by atoms with Gasteiger partial charge in [-0.2, -0.15) is 0 Å². The van der Waals surface area contributed by atoms with E-state index < -0.39 is 0 Å². The van der Waals surface area contributed by atoms with E-state index in [1.165, 1.54) is 6.54 Å². The van der Waals surface area contributed by atoms with Crippen molar-refractivity contribution < 1.29 is 4.74 Å². The van der Waals surface area contributed by atoms with E-state index in [4.69, 9.17) is 4.74 Å². The number of ether oxygens (including phenoxy) is 1. The van der Waals surface area contributed by atoms with Gasteiger partial charge in [0.1, 0.15) is 0 Å². The molecule has 0 radical (unpaired) electrons. The highest BCUT2D eigenvalue weighted by Gasteiger charge is 2.38. The fraction of sp³-hybridized carbons (Fsp3) is 1.00. The van der Waals surface area contributed by atoms with Crippen LogP contribution in [0.5, 0.6) is 0 Å². The summed E-state index contributed by atoms with van der Waals surface area (Å²) in [4.78, 5) is 2.31. The van der Waals surface area contributed by atoms with Crippen LogP contribution in [0.25, 0.3) is 0 Å². The van der Waals surface area contributed by atoms with E-state index >= 15 is 0 Å². The minimum absolute atomic E-state index is 0.824. The molecule has 0 spiro atoms. The molecule has 0 aromatic heterocycles. The van der Waals surface area contributed by atoms with Crippen molar-refractivity contribution in [2.75, 3.05) is 19.9 Å². The van der Waals surface area contributed by atoms with Crippen LogP contribution in [0.2, 0.25) is 0 Å². The number of hydrogen-bond donors (Lipinski definition) is 0. The predicted molar refractivity (Wildman–Crippen MR) is 21.3 cm³/mol. The monoisotopic (exact) mass is 85.1 g/mol. The first-order valence-corrected chi connectivity index (χ1v) is 2.28. The van der Waals surface area contributed by atoms with E-state index in [2.05, 4.69) is 4.90 Å². The average Bonchev–Trinajstić information content (AvgIpc) is 2.17. The van der Waals surface area contributed by atoms with Gasteiger partial charge in [0, 0.05) is 12.6 Å². The molecule has 0 amide bonds. The number of rotatable bonds is 0. The summed E-state index contributed by atoms with van der Waals surface area (Å²) in [5, 5.41) is 0. The SMILES string of the molecule is C1OCN2CC12. The lowest BCUT2D eigenvalue weighted by molar-refractivity contribution is 0.147. The van der Waals surface area contributed by atoms with Crippen molar-refractivity contribution in [3.8, 4) is 0 Å². The molecule has 2 rings (SSSR count). The molecular weight excluding hydrogens is 78.0 g/mol. The second kappa shape index (κ2) is 0.768. The van der Waals surface area contributed by atoms with Crippen molar-refractivity contribution >= 4 is 0 Å². The maximum absolute atomic E-state index is 5.03. The van der Waals surface area contributed by atoms with Gasteiger partial charge in [-0.3, -0.25) is 4.90 Å². The Kier molecular flexibility index (Phi) is 0.383. The molecule has 6 heavy (non-hydrogen) atoms. The van der Waals surface area contributed by atoms with Gasteiger partial charge >= 0.3 is 0 Å². The molecule has 2 aliphatic rings. The number of hydrogen-bond acceptors (Lipinski definition) is 2. The zero-order chi connectivity index (χ0) is 3.98. The summed E-state index contributed by atoms with van der Waals surface area (Å²) in [5.41, 5.74) is 0. The van der Waals surface area contributed by atoms with Crippen LogP contribution in [0.1, 0.15) is 0 Å². The van der Waals surface area contributed by atoms with E-state index in [0.717, 1.165) is 19.4 Å². The predicted octanol–water partition coefficient (Wildman–Crippen LogP) is -0.342. The normalized spacial score (nSPS) is 52.0. The fourth-order valence-corrected chi connectivity index (χ4v) is 0.846. The van der Waals surface area contributed by atoms with Gasteiger partial charge in [0.2, 0.25) is 0 Å². The van der Waals surface area contributed by atoms with Crippen molar-refractivity contribution in [1.29, 1.82) is 0 Å². The Morgan fingerprint density at radius 3 is 2.83 bits per heavy atom. The third-order valence-corrected chi connectivity index (χ3v) is 1.40. The maximum Gasteiger partial charge on any atom is 0.0995 e. The fourth-order valence-electron chi connectivity index (χ4n) is 0.846. The summed E-state index contributed by atoms with van der Waals surface area (Å²) in [6.45, 7) is 3.17. The van der Waals surface area contributed by atoms with Crippen LogP contribution in [-0.4, -0.2) is 30.8 Å². The Hall–Kier alpha value is -0.0800. The molecule has 2 saturated heterocycles. The number of nitrogens with zero attached hydrogens (tertiary/aromatic N) is 1. The molecule has 0 aromatic carbocycles. The highest BCUT2D eigenvalue weighted by atomic mass is 16.5. The minimum Gasteiger partial charge on any atom is -0.364 e. The van der Waals surface area contributed by atoms with Crippen molar-refractivity contribution in [3.05, 3.63) is 0 Å². The smallest absolute Gasteiger partial charge is 0.0995 e. The minimum atomic E-state index is 0.824. The van der Waals surface area contributed by atoms with E-state index in [0.29, 0.717) is 0 Å². The van der Waals surface area contributed by atoms with Crippen LogP contribution in [0.3, 0.4) is 0 Å². The molecule has 2 heteroatoms. The second-order valence-electron chi connectivity index (χ2n) is 1.93.